The van der Waals surface area contributed by atoms with Gasteiger partial charge in [-0.05, 0) is 104 Å². The van der Waals surface area contributed by atoms with Crippen molar-refractivity contribution in [3.05, 3.63) is 240 Å². The molecule has 0 bridgehead atoms. The number of aromatic nitrogens is 1. The molecule has 0 amide bonds. The van der Waals surface area contributed by atoms with Gasteiger partial charge in [0.15, 0.2) is 0 Å². The van der Waals surface area contributed by atoms with Gasteiger partial charge in [0, 0.05) is 38.8 Å². The number of anilines is 2. The van der Waals surface area contributed by atoms with E-state index in [4.69, 9.17) is 5.73 Å². The Labute approximate surface area is 369 Å². The van der Waals surface area contributed by atoms with E-state index < -0.39 is 6.17 Å². The second-order valence-electron chi connectivity index (χ2n) is 17.3. The number of para-hydroxylation sites is 3. The standard InChI is InChI=1S/C59H48N4/c1-59(2)51-28-17-24-40(57(51)50-36-42-22-9-10-23-43(42)37-52(50)59)32-33-53(62-58(60)41-20-7-4-8-21-41)44-34-45(61-54-29-14-11-25-47(54)39-18-5-3-6-19-39)38-46(35-44)63-55-30-15-12-26-48(55)49-27-13-16-31-56(49)63/h3-38,53,58,61-62H,60H2,1-2H3/b33-32+. The number of nitrogens with two attached hydrogens (primary N) is 1. The van der Waals surface area contributed by atoms with Crippen molar-refractivity contribution in [2.24, 2.45) is 5.73 Å². The highest BCUT2D eigenvalue weighted by Gasteiger charge is 2.36. The van der Waals surface area contributed by atoms with E-state index in [1.165, 1.54) is 49.4 Å². The third kappa shape index (κ3) is 6.90. The van der Waals surface area contributed by atoms with Crippen LogP contribution in [0, 0.1) is 0 Å². The van der Waals surface area contributed by atoms with Crippen LogP contribution in [0.4, 0.5) is 11.4 Å². The summed E-state index contributed by atoms with van der Waals surface area (Å²) in [6.07, 6.45) is 4.18. The van der Waals surface area contributed by atoms with Gasteiger partial charge in [0.05, 0.1) is 23.2 Å². The lowest BCUT2D eigenvalue weighted by Crippen LogP contribution is -2.31. The highest BCUT2D eigenvalue weighted by atomic mass is 15.1. The van der Waals surface area contributed by atoms with Crippen LogP contribution in [-0.2, 0) is 5.41 Å². The molecule has 1 aromatic heterocycles. The van der Waals surface area contributed by atoms with Crippen LogP contribution < -0.4 is 16.4 Å². The van der Waals surface area contributed by atoms with Gasteiger partial charge in [-0.25, -0.2) is 0 Å². The van der Waals surface area contributed by atoms with E-state index in [9.17, 15) is 0 Å². The van der Waals surface area contributed by atoms with Crippen LogP contribution in [0.25, 0.3) is 66.6 Å². The zero-order valence-electron chi connectivity index (χ0n) is 35.5. The monoisotopic (exact) mass is 812 g/mol. The number of rotatable bonds is 10. The molecule has 304 valence electrons. The molecule has 0 radical (unpaired) electrons. The largest absolute Gasteiger partial charge is 0.355 e. The minimum Gasteiger partial charge on any atom is -0.355 e. The Bertz CT molecular complexity index is 3290. The van der Waals surface area contributed by atoms with Gasteiger partial charge in [0.1, 0.15) is 0 Å². The maximum Gasteiger partial charge on any atom is 0.0817 e. The summed E-state index contributed by atoms with van der Waals surface area (Å²) in [7, 11) is 0. The first kappa shape index (κ1) is 38.4. The fourth-order valence-corrected chi connectivity index (χ4v) is 9.89. The first-order chi connectivity index (χ1) is 30.9. The molecular weight excluding hydrogens is 765 g/mol. The first-order valence-corrected chi connectivity index (χ1v) is 21.9. The van der Waals surface area contributed by atoms with Crippen molar-refractivity contribution < 1.29 is 0 Å². The molecule has 2 unspecified atom stereocenters. The summed E-state index contributed by atoms with van der Waals surface area (Å²) in [5.74, 6) is 0. The van der Waals surface area contributed by atoms with Crippen LogP contribution in [-0.4, -0.2) is 4.57 Å². The average molecular weight is 813 g/mol. The molecule has 1 heterocycles. The predicted octanol–water partition coefficient (Wildman–Crippen LogP) is 14.7. The van der Waals surface area contributed by atoms with Gasteiger partial charge in [0.2, 0.25) is 0 Å². The normalized spacial score (nSPS) is 14.0. The van der Waals surface area contributed by atoms with Gasteiger partial charge in [-0.3, -0.25) is 5.32 Å². The molecule has 63 heavy (non-hydrogen) atoms. The summed E-state index contributed by atoms with van der Waals surface area (Å²) in [4.78, 5) is 0. The first-order valence-electron chi connectivity index (χ1n) is 21.9. The molecule has 2 atom stereocenters. The van der Waals surface area contributed by atoms with Crippen molar-refractivity contribution >= 4 is 50.0 Å². The molecule has 4 nitrogen and oxygen atoms in total. The van der Waals surface area contributed by atoms with Gasteiger partial charge < -0.3 is 15.6 Å². The summed E-state index contributed by atoms with van der Waals surface area (Å²) in [6.45, 7) is 4.71. The molecule has 0 fully saturated rings. The van der Waals surface area contributed by atoms with Gasteiger partial charge >= 0.3 is 0 Å². The molecule has 9 aromatic carbocycles. The Kier molecular flexibility index (Phi) is 9.61. The van der Waals surface area contributed by atoms with Gasteiger partial charge in [0.25, 0.3) is 0 Å². The lowest BCUT2D eigenvalue weighted by molar-refractivity contribution is 0.509. The Balaban J connectivity index is 1.10. The van der Waals surface area contributed by atoms with Crippen LogP contribution in [0.15, 0.2) is 212 Å². The highest BCUT2D eigenvalue weighted by Crippen LogP contribution is 2.51. The fourth-order valence-electron chi connectivity index (χ4n) is 9.89. The Morgan fingerprint density at radius 1 is 0.540 bits per heavy atom. The van der Waals surface area contributed by atoms with Crippen molar-refractivity contribution in [2.45, 2.75) is 31.5 Å². The zero-order valence-corrected chi connectivity index (χ0v) is 35.5. The second-order valence-corrected chi connectivity index (χ2v) is 17.3. The zero-order chi connectivity index (χ0) is 42.5. The quantitative estimate of drug-likeness (QED) is 0.121. The number of hydrogen-bond donors (Lipinski definition) is 3. The molecule has 4 N–H and O–H groups in total. The summed E-state index contributed by atoms with van der Waals surface area (Å²) in [6, 6.07) is 73.7. The molecule has 0 saturated heterocycles. The van der Waals surface area contributed by atoms with Crippen molar-refractivity contribution in [3.8, 4) is 27.9 Å². The van der Waals surface area contributed by atoms with E-state index in [1.54, 1.807) is 0 Å². The third-order valence-corrected chi connectivity index (χ3v) is 13.0. The predicted molar refractivity (Wildman–Crippen MR) is 266 cm³/mol. The number of benzene rings is 9. The SMILES string of the molecule is CC1(C)c2cc3ccccc3cc2-c2c(/C=C/C(NC(N)c3ccccc3)c3cc(Nc4ccccc4-c4ccccc4)cc(-n4c5ccccc5c5ccccc54)c3)cccc21. The molecule has 1 aliphatic rings. The summed E-state index contributed by atoms with van der Waals surface area (Å²) in [5.41, 5.74) is 23.2. The second kappa shape index (κ2) is 15.8. The van der Waals surface area contributed by atoms with Crippen LogP contribution >= 0.6 is 0 Å². The molecule has 1 aliphatic carbocycles. The Hall–Kier alpha value is -7.50. The van der Waals surface area contributed by atoms with Gasteiger partial charge in [-0.15, -0.1) is 0 Å². The van der Waals surface area contributed by atoms with E-state index in [2.05, 4.69) is 229 Å². The highest BCUT2D eigenvalue weighted by molar-refractivity contribution is 6.09. The van der Waals surface area contributed by atoms with E-state index in [-0.39, 0.29) is 11.5 Å². The summed E-state index contributed by atoms with van der Waals surface area (Å²) >= 11 is 0. The topological polar surface area (TPSA) is 55.0 Å². The molecule has 0 saturated carbocycles. The van der Waals surface area contributed by atoms with Crippen LogP contribution in [0.3, 0.4) is 0 Å². The minimum absolute atomic E-state index is 0.140. The molecule has 10 aromatic rings. The summed E-state index contributed by atoms with van der Waals surface area (Å²) < 4.78 is 2.40. The number of nitrogens with one attached hydrogen (secondary N) is 2. The molecule has 4 heteroatoms. The van der Waals surface area contributed by atoms with Crippen LogP contribution in [0.1, 0.15) is 53.9 Å². The van der Waals surface area contributed by atoms with Gasteiger partial charge in [-0.2, -0.15) is 0 Å². The van der Waals surface area contributed by atoms with E-state index in [0.717, 1.165) is 50.3 Å². The van der Waals surface area contributed by atoms with E-state index >= 15 is 0 Å². The summed E-state index contributed by atoms with van der Waals surface area (Å²) in [5, 5.41) is 12.7. The maximum absolute atomic E-state index is 7.11. The van der Waals surface area contributed by atoms with Crippen molar-refractivity contribution in [3.63, 3.8) is 0 Å². The average Bonchev–Trinajstić information content (AvgIpc) is 3.78. The smallest absolute Gasteiger partial charge is 0.0817 e. The third-order valence-electron chi connectivity index (χ3n) is 13.0. The van der Waals surface area contributed by atoms with E-state index in [0.29, 0.717) is 0 Å². The minimum atomic E-state index is -0.430. The Morgan fingerprint density at radius 2 is 1.17 bits per heavy atom. The lowest BCUT2D eigenvalue weighted by atomic mass is 9.81. The van der Waals surface area contributed by atoms with Crippen molar-refractivity contribution in [1.82, 2.24) is 9.88 Å². The molecule has 11 rings (SSSR count). The molecule has 0 aliphatic heterocycles. The van der Waals surface area contributed by atoms with Crippen molar-refractivity contribution in [2.75, 3.05) is 5.32 Å². The number of nitrogens with zero attached hydrogens (tertiary/aromatic N) is 1. The molecular formula is C59H48N4. The van der Waals surface area contributed by atoms with Gasteiger partial charge in [-0.1, -0.05) is 184 Å². The number of fused-ring (bicyclic) bond motifs is 7. The number of hydrogen-bond acceptors (Lipinski definition) is 3. The Morgan fingerprint density at radius 3 is 1.92 bits per heavy atom. The van der Waals surface area contributed by atoms with Crippen molar-refractivity contribution in [1.29, 1.82) is 0 Å². The lowest BCUT2D eigenvalue weighted by Gasteiger charge is -2.24. The van der Waals surface area contributed by atoms with Crippen LogP contribution in [0.5, 0.6) is 0 Å². The maximum atomic E-state index is 7.11. The fraction of sp³-hybridized carbons (Fsp3) is 0.0847. The molecule has 0 spiro atoms. The van der Waals surface area contributed by atoms with E-state index in [1.807, 2.05) is 18.2 Å². The van der Waals surface area contributed by atoms with Crippen LogP contribution in [0.2, 0.25) is 0 Å².